The summed E-state index contributed by atoms with van der Waals surface area (Å²) in [6, 6.07) is 5.69. The van der Waals surface area contributed by atoms with Crippen molar-refractivity contribution in [3.8, 4) is 0 Å². The van der Waals surface area contributed by atoms with Crippen molar-refractivity contribution in [2.45, 2.75) is 6.92 Å². The summed E-state index contributed by atoms with van der Waals surface area (Å²) in [6.45, 7) is 2.77. The first-order valence-electron chi connectivity index (χ1n) is 4.94. The number of para-hydroxylation sites is 1. The topological polar surface area (TPSA) is 84.2 Å². The Kier molecular flexibility index (Phi) is 4.14. The first-order valence-corrected chi connectivity index (χ1v) is 6.83. The van der Waals surface area contributed by atoms with E-state index in [-0.39, 0.29) is 0 Å². The summed E-state index contributed by atoms with van der Waals surface area (Å²) >= 11 is 0. The number of aryl methyl sites for hydroxylation is 1. The fraction of sp³-hybridized carbons (Fsp3) is 0.400. The molecule has 0 spiro atoms. The molecule has 0 unspecified atom stereocenters. The first kappa shape index (κ1) is 12.8. The molecule has 0 saturated heterocycles. The molecule has 0 fully saturated rings. The van der Waals surface area contributed by atoms with Crippen LogP contribution in [0.15, 0.2) is 18.2 Å². The van der Waals surface area contributed by atoms with E-state index in [1.807, 2.05) is 25.1 Å². The van der Waals surface area contributed by atoms with Crippen LogP contribution < -0.4 is 15.8 Å². The van der Waals surface area contributed by atoms with Crippen LogP contribution in [0.1, 0.15) is 5.56 Å². The van der Waals surface area contributed by atoms with Crippen LogP contribution in [-0.4, -0.2) is 27.8 Å². The predicted octanol–water partition coefficient (Wildman–Crippen LogP) is 0.538. The van der Waals surface area contributed by atoms with Gasteiger partial charge in [-0.1, -0.05) is 12.1 Å². The highest BCUT2D eigenvalue weighted by atomic mass is 32.2. The van der Waals surface area contributed by atoms with E-state index < -0.39 is 10.0 Å². The second-order valence-electron chi connectivity index (χ2n) is 3.63. The highest BCUT2D eigenvalue weighted by molar-refractivity contribution is 7.88. The van der Waals surface area contributed by atoms with E-state index in [1.165, 1.54) is 0 Å². The summed E-state index contributed by atoms with van der Waals surface area (Å²) in [4.78, 5) is 0. The smallest absolute Gasteiger partial charge is 0.208 e. The molecule has 0 bridgehead atoms. The van der Waals surface area contributed by atoms with Gasteiger partial charge in [0.1, 0.15) is 0 Å². The van der Waals surface area contributed by atoms with Crippen molar-refractivity contribution >= 4 is 21.4 Å². The molecule has 6 heteroatoms. The van der Waals surface area contributed by atoms with Gasteiger partial charge < -0.3 is 11.1 Å². The van der Waals surface area contributed by atoms with Gasteiger partial charge in [0.2, 0.25) is 10.0 Å². The fourth-order valence-corrected chi connectivity index (χ4v) is 1.74. The average molecular weight is 243 g/mol. The molecular weight excluding hydrogens is 226 g/mol. The van der Waals surface area contributed by atoms with E-state index in [0.29, 0.717) is 18.8 Å². The highest BCUT2D eigenvalue weighted by Gasteiger charge is 2.01. The van der Waals surface area contributed by atoms with E-state index in [4.69, 9.17) is 5.73 Å². The van der Waals surface area contributed by atoms with Gasteiger partial charge in [-0.15, -0.1) is 0 Å². The van der Waals surface area contributed by atoms with Crippen LogP contribution in [0.25, 0.3) is 0 Å². The molecule has 0 aliphatic carbocycles. The molecule has 0 saturated carbocycles. The molecule has 0 aliphatic rings. The molecule has 16 heavy (non-hydrogen) atoms. The van der Waals surface area contributed by atoms with Gasteiger partial charge in [0.05, 0.1) is 17.6 Å². The van der Waals surface area contributed by atoms with Crippen LogP contribution in [0.4, 0.5) is 11.4 Å². The third-order valence-electron chi connectivity index (χ3n) is 2.13. The number of sulfonamides is 1. The normalized spacial score (nSPS) is 11.4. The zero-order valence-corrected chi connectivity index (χ0v) is 10.3. The maximum absolute atomic E-state index is 10.8. The lowest BCUT2D eigenvalue weighted by atomic mass is 10.2. The summed E-state index contributed by atoms with van der Waals surface area (Å²) in [5.41, 5.74) is 8.38. The van der Waals surface area contributed by atoms with Crippen molar-refractivity contribution < 1.29 is 8.42 Å². The van der Waals surface area contributed by atoms with Gasteiger partial charge in [-0.05, 0) is 18.6 Å². The maximum Gasteiger partial charge on any atom is 0.208 e. The summed E-state index contributed by atoms with van der Waals surface area (Å²) < 4.78 is 24.0. The zero-order chi connectivity index (χ0) is 12.2. The predicted molar refractivity (Wildman–Crippen MR) is 66.9 cm³/mol. The van der Waals surface area contributed by atoms with Crippen molar-refractivity contribution in [1.29, 1.82) is 0 Å². The second kappa shape index (κ2) is 5.18. The molecule has 1 aromatic carbocycles. The molecule has 4 N–H and O–H groups in total. The molecule has 5 nitrogen and oxygen atoms in total. The van der Waals surface area contributed by atoms with Crippen molar-refractivity contribution in [3.05, 3.63) is 23.8 Å². The van der Waals surface area contributed by atoms with Crippen LogP contribution in [0.5, 0.6) is 0 Å². The minimum Gasteiger partial charge on any atom is -0.397 e. The molecule has 1 rings (SSSR count). The van der Waals surface area contributed by atoms with E-state index in [2.05, 4.69) is 10.0 Å². The number of hydrogen-bond acceptors (Lipinski definition) is 4. The van der Waals surface area contributed by atoms with Gasteiger partial charge in [-0.25, -0.2) is 13.1 Å². The fourth-order valence-electron chi connectivity index (χ4n) is 1.27. The Morgan fingerprint density at radius 3 is 2.62 bits per heavy atom. The van der Waals surface area contributed by atoms with Gasteiger partial charge in [-0.2, -0.15) is 0 Å². The Morgan fingerprint density at radius 2 is 2.00 bits per heavy atom. The minimum absolute atomic E-state index is 0.339. The molecule has 0 heterocycles. The molecule has 0 atom stereocenters. The van der Waals surface area contributed by atoms with Crippen LogP contribution in [-0.2, 0) is 10.0 Å². The molecular formula is C10H17N3O2S. The Balaban J connectivity index is 2.47. The zero-order valence-electron chi connectivity index (χ0n) is 9.45. The van der Waals surface area contributed by atoms with E-state index in [9.17, 15) is 8.42 Å². The van der Waals surface area contributed by atoms with Crippen molar-refractivity contribution in [1.82, 2.24) is 4.72 Å². The second-order valence-corrected chi connectivity index (χ2v) is 5.46. The van der Waals surface area contributed by atoms with E-state index in [1.54, 1.807) is 0 Å². The van der Waals surface area contributed by atoms with Crippen LogP contribution in [0, 0.1) is 6.92 Å². The van der Waals surface area contributed by atoms with E-state index in [0.717, 1.165) is 17.5 Å². The van der Waals surface area contributed by atoms with Gasteiger partial charge in [0.15, 0.2) is 0 Å². The number of hydrogen-bond donors (Lipinski definition) is 3. The number of anilines is 2. The Bertz CT molecular complexity index is 457. The Morgan fingerprint density at radius 1 is 1.31 bits per heavy atom. The molecule has 0 aliphatic heterocycles. The molecule has 0 radical (unpaired) electrons. The summed E-state index contributed by atoms with van der Waals surface area (Å²) in [6.07, 6.45) is 1.13. The van der Waals surface area contributed by atoms with Gasteiger partial charge in [-0.3, -0.25) is 0 Å². The number of nitrogen functional groups attached to an aromatic ring is 1. The molecule has 0 amide bonds. The van der Waals surface area contributed by atoms with Crippen LogP contribution in [0.2, 0.25) is 0 Å². The number of benzene rings is 1. The minimum atomic E-state index is -3.12. The Hall–Kier alpha value is -1.27. The standard InChI is InChI=1S/C10H17N3O2S/c1-8-4-3-5-9(10(8)11)12-6-7-13-16(2,14)15/h3-5,12-13H,6-7,11H2,1-2H3. The number of nitrogens with one attached hydrogen (secondary N) is 2. The third-order valence-corrected chi connectivity index (χ3v) is 2.86. The largest absolute Gasteiger partial charge is 0.397 e. The van der Waals surface area contributed by atoms with Crippen molar-refractivity contribution in [2.75, 3.05) is 30.4 Å². The van der Waals surface area contributed by atoms with Gasteiger partial charge in [0.25, 0.3) is 0 Å². The SMILES string of the molecule is Cc1cccc(NCCNS(C)(=O)=O)c1N. The van der Waals surface area contributed by atoms with E-state index >= 15 is 0 Å². The summed E-state index contributed by atoms with van der Waals surface area (Å²) in [5, 5.41) is 3.07. The average Bonchev–Trinajstić information content (AvgIpc) is 2.17. The number of nitrogens with two attached hydrogens (primary N) is 1. The summed E-state index contributed by atoms with van der Waals surface area (Å²) in [7, 11) is -3.12. The molecule has 90 valence electrons. The van der Waals surface area contributed by atoms with Gasteiger partial charge >= 0.3 is 0 Å². The van der Waals surface area contributed by atoms with Crippen molar-refractivity contribution in [2.24, 2.45) is 0 Å². The van der Waals surface area contributed by atoms with Gasteiger partial charge in [0, 0.05) is 13.1 Å². The highest BCUT2D eigenvalue weighted by Crippen LogP contribution is 2.21. The number of rotatable bonds is 5. The third kappa shape index (κ3) is 4.08. The van der Waals surface area contributed by atoms with Crippen LogP contribution in [0.3, 0.4) is 0 Å². The quantitative estimate of drug-likeness (QED) is 0.520. The lowest BCUT2D eigenvalue weighted by Gasteiger charge is -2.10. The summed E-state index contributed by atoms with van der Waals surface area (Å²) in [5.74, 6) is 0. The molecule has 1 aromatic rings. The van der Waals surface area contributed by atoms with Crippen molar-refractivity contribution in [3.63, 3.8) is 0 Å². The lowest BCUT2D eigenvalue weighted by molar-refractivity contribution is 0.589. The Labute approximate surface area is 96.1 Å². The maximum atomic E-state index is 10.8. The molecule has 0 aromatic heterocycles. The van der Waals surface area contributed by atoms with Crippen LogP contribution >= 0.6 is 0 Å². The lowest BCUT2D eigenvalue weighted by Crippen LogP contribution is -2.27. The monoisotopic (exact) mass is 243 g/mol. The first-order chi connectivity index (χ1) is 7.40.